The van der Waals surface area contributed by atoms with E-state index in [0.717, 1.165) is 63.1 Å². The minimum absolute atomic E-state index is 0. The molecular formula is C31H52I3N2O3S2V. The number of carbonyl (C=O) groups is 1. The molecule has 0 aromatic heterocycles. The molecule has 242 valence electrons. The van der Waals surface area contributed by atoms with Gasteiger partial charge in [0, 0.05) is 25.6 Å². The van der Waals surface area contributed by atoms with Crippen molar-refractivity contribution in [1.29, 1.82) is 0 Å². The Morgan fingerprint density at radius 1 is 0.905 bits per heavy atom. The average Bonchev–Trinajstić information content (AvgIpc) is 2.93. The Labute approximate surface area is 307 Å². The van der Waals surface area contributed by atoms with Crippen LogP contribution >= 0.6 is 86.9 Å². The first kappa shape index (κ1) is 45.1. The summed E-state index contributed by atoms with van der Waals surface area (Å²) in [7, 11) is 3.48. The van der Waals surface area contributed by atoms with Gasteiger partial charge in [-0.2, -0.15) is 27.0 Å². The second-order valence-corrected chi connectivity index (χ2v) is 45.3. The molecule has 2 aromatic carbocycles. The van der Waals surface area contributed by atoms with Gasteiger partial charge < -0.3 is 19.7 Å². The van der Waals surface area contributed by atoms with E-state index in [1.165, 1.54) is 35.1 Å². The van der Waals surface area contributed by atoms with Gasteiger partial charge in [-0.25, -0.2) is 0 Å². The van der Waals surface area contributed by atoms with Crippen LogP contribution in [-0.4, -0.2) is 50.2 Å². The van der Waals surface area contributed by atoms with Gasteiger partial charge in [0.05, 0.1) is 14.2 Å². The number of benzene rings is 2. The van der Waals surface area contributed by atoms with Crippen LogP contribution in [0, 0.1) is 0 Å². The van der Waals surface area contributed by atoms with Gasteiger partial charge in [-0.1, -0.05) is 45.5 Å². The Morgan fingerprint density at radius 3 is 1.86 bits per heavy atom. The number of ether oxygens (including phenoxy) is 2. The van der Waals surface area contributed by atoms with Gasteiger partial charge >= 0.3 is 64.9 Å². The quantitative estimate of drug-likeness (QED) is 0.269. The van der Waals surface area contributed by atoms with Crippen molar-refractivity contribution in [3.05, 3.63) is 58.7 Å². The van der Waals surface area contributed by atoms with E-state index in [2.05, 4.69) is 103 Å². The summed E-state index contributed by atoms with van der Waals surface area (Å²) in [5.41, 5.74) is 5.53. The molecule has 11 heteroatoms. The second-order valence-electron chi connectivity index (χ2n) is 9.89. The molecule has 2 aliphatic rings. The molecule has 2 aromatic rings. The molecule has 5 nitrogen and oxygen atoms in total. The molecule has 0 saturated carbocycles. The van der Waals surface area contributed by atoms with Crippen molar-refractivity contribution in [2.45, 2.75) is 91.6 Å². The molecular weight excluding hydrogens is 944 g/mol. The van der Waals surface area contributed by atoms with E-state index in [-0.39, 0.29) is 45.2 Å². The Bertz CT molecular complexity index is 1030. The summed E-state index contributed by atoms with van der Waals surface area (Å²) in [6.07, 6.45) is 8.72. The number of fused-ring (bicyclic) bond motifs is 2. The molecule has 0 bridgehead atoms. The molecule has 0 aliphatic heterocycles. The number of methoxy groups -OCH3 is 2. The van der Waals surface area contributed by atoms with E-state index in [9.17, 15) is 4.79 Å². The zero-order valence-corrected chi connectivity index (χ0v) is 34.8. The van der Waals surface area contributed by atoms with E-state index in [4.69, 9.17) is 9.47 Å². The average molecular weight is 997 g/mol. The van der Waals surface area contributed by atoms with Crippen molar-refractivity contribution in [2.24, 2.45) is 0 Å². The number of carbonyl (C=O) groups excluding carboxylic acids is 1. The molecule has 2 atom stereocenters. The number of nitrogens with zero attached hydrogens (tertiary/aromatic N) is 1. The summed E-state index contributed by atoms with van der Waals surface area (Å²) in [6.45, 7) is 8.00. The SMILES string of the molecule is C.CCCN(C(C)=O)[C@H]1CCc2c(cccc2OC)C1.CCCN[C@H]1CCc2c(cccc2OC)C1.S.S.[I][V]([I])[I]. The number of rotatable bonds is 8. The number of amides is 1. The number of halogens is 3. The van der Waals surface area contributed by atoms with Gasteiger partial charge in [-0.15, -0.1) is 0 Å². The summed E-state index contributed by atoms with van der Waals surface area (Å²) in [5.74, 6) is 2.24. The van der Waals surface area contributed by atoms with E-state index in [0.29, 0.717) is 12.1 Å². The minimum atomic E-state index is -0.278. The van der Waals surface area contributed by atoms with Crippen molar-refractivity contribution in [1.82, 2.24) is 10.2 Å². The summed E-state index contributed by atoms with van der Waals surface area (Å²) >= 11 is 7.39. The third kappa shape index (κ3) is 15.0. The van der Waals surface area contributed by atoms with Crippen molar-refractivity contribution in [3.8, 4) is 11.5 Å². The van der Waals surface area contributed by atoms with Crippen LogP contribution in [0.5, 0.6) is 11.5 Å². The fourth-order valence-electron chi connectivity index (χ4n) is 5.53. The van der Waals surface area contributed by atoms with Crippen molar-refractivity contribution < 1.29 is 19.2 Å². The van der Waals surface area contributed by atoms with Gasteiger partial charge in [0.15, 0.2) is 0 Å². The first-order valence-corrected chi connectivity index (χ1v) is 27.3. The number of hydrogen-bond donors (Lipinski definition) is 1. The van der Waals surface area contributed by atoms with Gasteiger partial charge in [0.2, 0.25) is 5.91 Å². The Balaban J connectivity index is 0. The molecule has 4 rings (SSSR count). The van der Waals surface area contributed by atoms with Crippen molar-refractivity contribution in [3.63, 3.8) is 0 Å². The third-order valence-corrected chi connectivity index (χ3v) is 7.28. The van der Waals surface area contributed by atoms with Crippen LogP contribution in [0.3, 0.4) is 0 Å². The first-order chi connectivity index (χ1) is 18.7. The fraction of sp³-hybridized carbons (Fsp3) is 0.581. The van der Waals surface area contributed by atoms with Gasteiger partial charge in [0.1, 0.15) is 11.5 Å². The molecule has 0 fully saturated rings. The standard InChI is InChI=1S/C16H23NO2.C14H21NO.CH4.3HI.2H2S.V/c1-4-10-17(12(2)18)14-8-9-15-13(11-14)6-5-7-16(15)19-3;1-3-9-15-12-7-8-13-11(10-12)5-4-6-14(13)16-2;;;;;;;/h5-7,14H,4,8-11H2,1-3H3;4-6,12,15H,3,7-10H2,1-2H3;1H4;3*1H;2*1H2;/q;;;;;;;;+3/p-3/t14-;12-;;;;;;;/m00......./s1. The van der Waals surface area contributed by atoms with Gasteiger partial charge in [0.25, 0.3) is 0 Å². The van der Waals surface area contributed by atoms with Crippen LogP contribution in [0.4, 0.5) is 0 Å². The molecule has 0 spiro atoms. The van der Waals surface area contributed by atoms with E-state index in [1.807, 2.05) is 17.0 Å². The second kappa shape index (κ2) is 25.1. The van der Waals surface area contributed by atoms with Crippen LogP contribution in [0.1, 0.15) is 76.1 Å². The van der Waals surface area contributed by atoms with Gasteiger partial charge in [-0.05, 0) is 92.3 Å². The van der Waals surface area contributed by atoms with Crippen LogP contribution < -0.4 is 14.8 Å². The summed E-state index contributed by atoms with van der Waals surface area (Å²) in [6, 6.07) is 13.6. The maximum absolute atomic E-state index is 11.8. The zero-order valence-electron chi connectivity index (χ0n) is 24.9. The number of nitrogens with one attached hydrogen (secondary N) is 1. The predicted octanol–water partition coefficient (Wildman–Crippen LogP) is 8.88. The van der Waals surface area contributed by atoms with Crippen molar-refractivity contribution in [2.75, 3.05) is 27.3 Å². The molecule has 0 saturated heterocycles. The zero-order chi connectivity index (χ0) is 28.8. The van der Waals surface area contributed by atoms with Crippen LogP contribution in [0.15, 0.2) is 36.4 Å². The molecule has 42 heavy (non-hydrogen) atoms. The monoisotopic (exact) mass is 996 g/mol. The molecule has 1 amide bonds. The van der Waals surface area contributed by atoms with Crippen LogP contribution in [-0.2, 0) is 35.4 Å². The van der Waals surface area contributed by atoms with Crippen LogP contribution in [0.25, 0.3) is 0 Å². The summed E-state index contributed by atoms with van der Waals surface area (Å²) in [5, 5.41) is 3.61. The molecule has 2 aliphatic carbocycles. The Morgan fingerprint density at radius 2 is 1.40 bits per heavy atom. The number of hydrogen-bond acceptors (Lipinski definition) is 4. The Kier molecular flexibility index (Phi) is 26.9. The molecule has 0 unspecified atom stereocenters. The van der Waals surface area contributed by atoms with E-state index in [1.54, 1.807) is 21.1 Å². The van der Waals surface area contributed by atoms with Gasteiger partial charge in [-0.3, -0.25) is 4.79 Å². The maximum atomic E-state index is 11.8. The summed E-state index contributed by atoms with van der Waals surface area (Å²) in [4.78, 5) is 13.5. The third-order valence-electron chi connectivity index (χ3n) is 7.28. The Hall–Kier alpha value is 0.944. The van der Waals surface area contributed by atoms with Crippen molar-refractivity contribution >= 4 is 92.8 Å². The first-order valence-electron chi connectivity index (χ1n) is 13.8. The van der Waals surface area contributed by atoms with E-state index >= 15 is 0 Å². The van der Waals surface area contributed by atoms with E-state index < -0.39 is 0 Å². The van der Waals surface area contributed by atoms with Crippen LogP contribution in [0.2, 0.25) is 0 Å². The summed E-state index contributed by atoms with van der Waals surface area (Å²) < 4.78 is 10.8. The predicted molar refractivity (Wildman–Crippen MR) is 213 cm³/mol. The topological polar surface area (TPSA) is 50.8 Å². The molecule has 1 N–H and O–H groups in total. The fourth-order valence-corrected chi connectivity index (χ4v) is 5.53. The molecule has 0 heterocycles. The normalized spacial score (nSPS) is 16.2. The molecule has 0 radical (unpaired) electrons.